The summed E-state index contributed by atoms with van der Waals surface area (Å²) in [5.41, 5.74) is -0.490. The summed E-state index contributed by atoms with van der Waals surface area (Å²) in [6, 6.07) is 3.24. The van der Waals surface area contributed by atoms with Gasteiger partial charge in [-0.15, -0.1) is 0 Å². The van der Waals surface area contributed by atoms with E-state index in [1.54, 1.807) is 0 Å². The van der Waals surface area contributed by atoms with E-state index in [1.165, 1.54) is 0 Å². The standard InChI is InChI=1S/C10H11BrN2O5/c11-5-1-2-6-18-10-7-8(12(14)15)3-4-9(10)13(16)17/h3-4,7H,1-2,5-6H2. The predicted octanol–water partition coefficient (Wildman–Crippen LogP) is 3.06. The summed E-state index contributed by atoms with van der Waals surface area (Å²) in [7, 11) is 0. The van der Waals surface area contributed by atoms with Crippen LogP contribution >= 0.6 is 15.9 Å². The van der Waals surface area contributed by atoms with Gasteiger partial charge in [-0.1, -0.05) is 15.9 Å². The van der Waals surface area contributed by atoms with Crippen molar-refractivity contribution in [1.82, 2.24) is 0 Å². The van der Waals surface area contributed by atoms with Gasteiger partial charge in [-0.05, 0) is 12.8 Å². The average molecular weight is 319 g/mol. The Morgan fingerprint density at radius 1 is 1.17 bits per heavy atom. The third-order valence-electron chi connectivity index (χ3n) is 2.14. The molecule has 7 nitrogen and oxygen atoms in total. The van der Waals surface area contributed by atoms with Crippen molar-refractivity contribution < 1.29 is 14.6 Å². The second-order valence-corrected chi connectivity index (χ2v) is 4.20. The Kier molecular flexibility index (Phi) is 5.50. The molecule has 1 rings (SSSR count). The van der Waals surface area contributed by atoms with Crippen LogP contribution in [0.5, 0.6) is 5.75 Å². The topological polar surface area (TPSA) is 95.5 Å². The lowest BCUT2D eigenvalue weighted by Crippen LogP contribution is -2.01. The number of non-ortho nitro benzene ring substituents is 1. The number of rotatable bonds is 7. The van der Waals surface area contributed by atoms with Gasteiger partial charge in [0.15, 0.2) is 0 Å². The van der Waals surface area contributed by atoms with E-state index >= 15 is 0 Å². The normalized spacial score (nSPS) is 10.1. The molecule has 0 N–H and O–H groups in total. The van der Waals surface area contributed by atoms with E-state index in [0.717, 1.165) is 30.0 Å². The maximum atomic E-state index is 10.7. The zero-order valence-electron chi connectivity index (χ0n) is 9.37. The van der Waals surface area contributed by atoms with Crippen LogP contribution in [-0.4, -0.2) is 21.8 Å². The van der Waals surface area contributed by atoms with Crippen molar-refractivity contribution in [3.63, 3.8) is 0 Å². The fraction of sp³-hybridized carbons (Fsp3) is 0.400. The Bertz CT molecular complexity index is 452. The molecule has 18 heavy (non-hydrogen) atoms. The number of nitro benzene ring substituents is 2. The van der Waals surface area contributed by atoms with E-state index in [4.69, 9.17) is 4.74 Å². The smallest absolute Gasteiger partial charge is 0.311 e. The maximum absolute atomic E-state index is 10.7. The highest BCUT2D eigenvalue weighted by atomic mass is 79.9. The minimum absolute atomic E-state index is 0.0660. The van der Waals surface area contributed by atoms with Gasteiger partial charge in [-0.25, -0.2) is 0 Å². The summed E-state index contributed by atoms with van der Waals surface area (Å²) >= 11 is 3.25. The molecule has 0 unspecified atom stereocenters. The molecule has 0 bridgehead atoms. The first-order valence-corrected chi connectivity index (χ1v) is 6.30. The Hall–Kier alpha value is -1.70. The molecule has 0 saturated heterocycles. The molecular formula is C10H11BrN2O5. The van der Waals surface area contributed by atoms with E-state index < -0.39 is 9.85 Å². The second-order valence-electron chi connectivity index (χ2n) is 3.41. The maximum Gasteiger partial charge on any atom is 0.311 e. The average Bonchev–Trinajstić information content (AvgIpc) is 2.34. The van der Waals surface area contributed by atoms with Crippen LogP contribution in [-0.2, 0) is 0 Å². The van der Waals surface area contributed by atoms with Crippen LogP contribution in [0.1, 0.15) is 12.8 Å². The Morgan fingerprint density at radius 2 is 1.89 bits per heavy atom. The number of halogens is 1. The summed E-state index contributed by atoms with van der Waals surface area (Å²) in [4.78, 5) is 20.1. The quantitative estimate of drug-likeness (QED) is 0.333. The molecule has 0 heterocycles. The van der Waals surface area contributed by atoms with E-state index in [9.17, 15) is 20.2 Å². The predicted molar refractivity (Wildman–Crippen MR) is 68.3 cm³/mol. The highest BCUT2D eigenvalue weighted by molar-refractivity contribution is 9.09. The molecule has 1 aromatic carbocycles. The monoisotopic (exact) mass is 318 g/mol. The molecule has 0 aliphatic heterocycles. The lowest BCUT2D eigenvalue weighted by atomic mass is 10.2. The molecule has 8 heteroatoms. The number of hydrogen-bond donors (Lipinski definition) is 0. The Morgan fingerprint density at radius 3 is 2.44 bits per heavy atom. The van der Waals surface area contributed by atoms with Crippen molar-refractivity contribution in [2.45, 2.75) is 12.8 Å². The highest BCUT2D eigenvalue weighted by Crippen LogP contribution is 2.31. The summed E-state index contributed by atoms with van der Waals surface area (Å²) in [5.74, 6) is -0.0660. The van der Waals surface area contributed by atoms with Crippen LogP contribution in [0.2, 0.25) is 0 Å². The first-order valence-electron chi connectivity index (χ1n) is 5.18. The largest absolute Gasteiger partial charge is 0.487 e. The van der Waals surface area contributed by atoms with Crippen molar-refractivity contribution in [2.75, 3.05) is 11.9 Å². The SMILES string of the molecule is O=[N+]([O-])c1ccc([N+](=O)[O-])c(OCCCCBr)c1. The molecule has 0 spiro atoms. The molecule has 1 aromatic rings. The van der Waals surface area contributed by atoms with Crippen molar-refractivity contribution in [3.8, 4) is 5.75 Å². The van der Waals surface area contributed by atoms with Gasteiger partial charge in [0.2, 0.25) is 5.75 Å². The van der Waals surface area contributed by atoms with Gasteiger partial charge in [-0.2, -0.15) is 0 Å². The molecular weight excluding hydrogens is 308 g/mol. The molecule has 0 atom stereocenters. The molecule has 0 aliphatic rings. The molecule has 0 fully saturated rings. The number of unbranched alkanes of at least 4 members (excludes halogenated alkanes) is 1. The number of hydrogen-bond acceptors (Lipinski definition) is 5. The van der Waals surface area contributed by atoms with Crippen LogP contribution in [0.15, 0.2) is 18.2 Å². The van der Waals surface area contributed by atoms with Crippen LogP contribution in [0.3, 0.4) is 0 Å². The molecule has 0 aliphatic carbocycles. The second kappa shape index (κ2) is 6.90. The zero-order valence-corrected chi connectivity index (χ0v) is 11.0. The molecule has 0 radical (unpaired) electrons. The fourth-order valence-electron chi connectivity index (χ4n) is 1.26. The third kappa shape index (κ3) is 3.95. The van der Waals surface area contributed by atoms with Gasteiger partial charge in [-0.3, -0.25) is 20.2 Å². The van der Waals surface area contributed by atoms with E-state index in [-0.39, 0.29) is 23.7 Å². The van der Waals surface area contributed by atoms with Gasteiger partial charge in [0.1, 0.15) is 0 Å². The molecule has 98 valence electrons. The molecule has 0 amide bonds. The summed E-state index contributed by atoms with van der Waals surface area (Å²) < 4.78 is 5.22. The fourth-order valence-corrected chi connectivity index (χ4v) is 1.66. The summed E-state index contributed by atoms with van der Waals surface area (Å²) in [6.07, 6.45) is 1.58. The molecule has 0 saturated carbocycles. The van der Waals surface area contributed by atoms with Crippen molar-refractivity contribution in [2.24, 2.45) is 0 Å². The summed E-state index contributed by atoms with van der Waals surface area (Å²) in [5, 5.41) is 22.1. The first kappa shape index (κ1) is 14.4. The van der Waals surface area contributed by atoms with Crippen LogP contribution in [0, 0.1) is 20.2 Å². The minimum atomic E-state index is -0.621. The van der Waals surface area contributed by atoms with Crippen molar-refractivity contribution >= 4 is 27.3 Å². The number of nitro groups is 2. The van der Waals surface area contributed by atoms with E-state index in [2.05, 4.69) is 15.9 Å². The number of alkyl halides is 1. The van der Waals surface area contributed by atoms with Crippen molar-refractivity contribution in [3.05, 3.63) is 38.4 Å². The van der Waals surface area contributed by atoms with Crippen molar-refractivity contribution in [1.29, 1.82) is 0 Å². The van der Waals surface area contributed by atoms with E-state index in [1.807, 2.05) is 0 Å². The van der Waals surface area contributed by atoms with Crippen LogP contribution in [0.4, 0.5) is 11.4 Å². The Balaban J connectivity index is 2.86. The van der Waals surface area contributed by atoms with Gasteiger partial charge in [0.25, 0.3) is 5.69 Å². The third-order valence-corrected chi connectivity index (χ3v) is 2.70. The number of benzene rings is 1. The highest BCUT2D eigenvalue weighted by Gasteiger charge is 2.19. The number of nitrogens with zero attached hydrogens (tertiary/aromatic N) is 2. The van der Waals surface area contributed by atoms with Gasteiger partial charge < -0.3 is 4.74 Å². The minimum Gasteiger partial charge on any atom is -0.487 e. The van der Waals surface area contributed by atoms with Gasteiger partial charge >= 0.3 is 5.69 Å². The van der Waals surface area contributed by atoms with Gasteiger partial charge in [0.05, 0.1) is 22.5 Å². The molecule has 0 aromatic heterocycles. The summed E-state index contributed by atoms with van der Waals surface area (Å²) in [6.45, 7) is 0.285. The number of ether oxygens (including phenoxy) is 1. The van der Waals surface area contributed by atoms with Crippen LogP contribution in [0.25, 0.3) is 0 Å². The van der Waals surface area contributed by atoms with Gasteiger partial charge in [0, 0.05) is 17.5 Å². The van der Waals surface area contributed by atoms with Crippen LogP contribution < -0.4 is 4.74 Å². The van der Waals surface area contributed by atoms with E-state index in [0.29, 0.717) is 6.42 Å². The lowest BCUT2D eigenvalue weighted by Gasteiger charge is -2.05. The zero-order chi connectivity index (χ0) is 13.5. The lowest BCUT2D eigenvalue weighted by molar-refractivity contribution is -0.389. The first-order chi connectivity index (χ1) is 8.56. The Labute approximate surface area is 111 Å².